The average molecular weight is 254 g/mol. The second-order valence-electron chi connectivity index (χ2n) is 4.11. The summed E-state index contributed by atoms with van der Waals surface area (Å²) in [6.07, 6.45) is 4.78. The van der Waals surface area contributed by atoms with Gasteiger partial charge in [-0.1, -0.05) is 39.3 Å². The predicted octanol–water partition coefficient (Wildman–Crippen LogP) is 3.13. The number of carbonyl (C=O) groups excluding carboxylic acids is 2. The van der Waals surface area contributed by atoms with Crippen LogP contribution < -0.4 is 0 Å². The molecule has 1 atom stereocenters. The molecule has 0 aromatic heterocycles. The second kappa shape index (κ2) is 9.45. The van der Waals surface area contributed by atoms with Crippen molar-refractivity contribution in [3.8, 4) is 0 Å². The number of carbonyl (C=O) groups is 2. The van der Waals surface area contributed by atoms with Crippen LogP contribution in [0.15, 0.2) is 24.8 Å². The molecule has 0 rings (SSSR count). The third-order valence-electron chi connectivity index (χ3n) is 2.29. The SMILES string of the molecule is C=CC(=O)OC(CCCCCC)OC(=O)C(=C)C. The Balaban J connectivity index is 4.23. The molecule has 0 aliphatic carbocycles. The van der Waals surface area contributed by atoms with Gasteiger partial charge < -0.3 is 9.47 Å². The largest absolute Gasteiger partial charge is 0.422 e. The van der Waals surface area contributed by atoms with E-state index in [0.29, 0.717) is 6.42 Å². The molecule has 0 bridgehead atoms. The minimum Gasteiger partial charge on any atom is -0.422 e. The van der Waals surface area contributed by atoms with Crippen molar-refractivity contribution in [1.82, 2.24) is 0 Å². The number of ether oxygens (including phenoxy) is 2. The lowest BCUT2D eigenvalue weighted by Gasteiger charge is -2.17. The summed E-state index contributed by atoms with van der Waals surface area (Å²) in [5.41, 5.74) is 0.281. The zero-order chi connectivity index (χ0) is 14.0. The predicted molar refractivity (Wildman–Crippen MR) is 69.7 cm³/mol. The van der Waals surface area contributed by atoms with E-state index in [0.717, 1.165) is 31.8 Å². The minimum atomic E-state index is -0.850. The highest BCUT2D eigenvalue weighted by atomic mass is 16.7. The Labute approximate surface area is 109 Å². The lowest BCUT2D eigenvalue weighted by Crippen LogP contribution is -2.24. The monoisotopic (exact) mass is 254 g/mol. The van der Waals surface area contributed by atoms with E-state index in [1.54, 1.807) is 6.92 Å². The molecule has 4 heteroatoms. The summed E-state index contributed by atoms with van der Waals surface area (Å²) in [5, 5.41) is 0. The fourth-order valence-electron chi connectivity index (χ4n) is 1.28. The normalized spacial score (nSPS) is 11.4. The first-order valence-electron chi connectivity index (χ1n) is 6.20. The third-order valence-corrected chi connectivity index (χ3v) is 2.29. The number of unbranched alkanes of at least 4 members (excludes halogenated alkanes) is 3. The fourth-order valence-corrected chi connectivity index (χ4v) is 1.28. The van der Waals surface area contributed by atoms with Gasteiger partial charge in [-0.3, -0.25) is 0 Å². The van der Waals surface area contributed by atoms with Gasteiger partial charge in [0.05, 0.1) is 0 Å². The summed E-state index contributed by atoms with van der Waals surface area (Å²) in [7, 11) is 0. The van der Waals surface area contributed by atoms with E-state index >= 15 is 0 Å². The minimum absolute atomic E-state index is 0.281. The molecule has 0 aliphatic heterocycles. The summed E-state index contributed by atoms with van der Waals surface area (Å²) in [6.45, 7) is 10.4. The van der Waals surface area contributed by atoms with Crippen LogP contribution in [0, 0.1) is 0 Å². The zero-order valence-electron chi connectivity index (χ0n) is 11.2. The van der Waals surface area contributed by atoms with Gasteiger partial charge in [0.2, 0.25) is 6.29 Å². The summed E-state index contributed by atoms with van der Waals surface area (Å²) in [6, 6.07) is 0. The smallest absolute Gasteiger partial charge is 0.336 e. The lowest BCUT2D eigenvalue weighted by molar-refractivity contribution is -0.182. The van der Waals surface area contributed by atoms with Gasteiger partial charge >= 0.3 is 11.9 Å². The van der Waals surface area contributed by atoms with Crippen molar-refractivity contribution in [2.24, 2.45) is 0 Å². The second-order valence-corrected chi connectivity index (χ2v) is 4.11. The van der Waals surface area contributed by atoms with Crippen molar-refractivity contribution in [3.63, 3.8) is 0 Å². The van der Waals surface area contributed by atoms with Crippen LogP contribution in [-0.2, 0) is 19.1 Å². The number of hydrogen-bond acceptors (Lipinski definition) is 4. The van der Waals surface area contributed by atoms with E-state index < -0.39 is 18.2 Å². The Bertz CT molecular complexity index is 307. The van der Waals surface area contributed by atoms with Crippen molar-refractivity contribution in [3.05, 3.63) is 24.8 Å². The van der Waals surface area contributed by atoms with Crippen LogP contribution in [0.1, 0.15) is 46.0 Å². The molecule has 1 unspecified atom stereocenters. The van der Waals surface area contributed by atoms with E-state index in [1.807, 2.05) is 0 Å². The molecular formula is C14H22O4. The van der Waals surface area contributed by atoms with Gasteiger partial charge in [0.25, 0.3) is 0 Å². The Morgan fingerprint density at radius 3 is 2.39 bits per heavy atom. The molecule has 0 aliphatic rings. The van der Waals surface area contributed by atoms with Crippen LogP contribution in [0.4, 0.5) is 0 Å². The Hall–Kier alpha value is -1.58. The topological polar surface area (TPSA) is 52.6 Å². The Morgan fingerprint density at radius 1 is 1.22 bits per heavy atom. The summed E-state index contributed by atoms with van der Waals surface area (Å²) in [4.78, 5) is 22.5. The van der Waals surface area contributed by atoms with E-state index in [2.05, 4.69) is 20.1 Å². The van der Waals surface area contributed by atoms with Crippen LogP contribution in [0.25, 0.3) is 0 Å². The number of rotatable bonds is 9. The molecule has 0 spiro atoms. The molecule has 0 saturated carbocycles. The highest BCUT2D eigenvalue weighted by Crippen LogP contribution is 2.11. The van der Waals surface area contributed by atoms with Crippen LogP contribution in [-0.4, -0.2) is 18.2 Å². The van der Waals surface area contributed by atoms with Gasteiger partial charge in [-0.2, -0.15) is 0 Å². The maximum Gasteiger partial charge on any atom is 0.336 e. The highest BCUT2D eigenvalue weighted by molar-refractivity contribution is 5.87. The maximum atomic E-state index is 11.4. The summed E-state index contributed by atoms with van der Waals surface area (Å²) in [5.74, 6) is -1.14. The number of esters is 2. The van der Waals surface area contributed by atoms with Crippen LogP contribution in [0.3, 0.4) is 0 Å². The molecule has 0 fully saturated rings. The molecule has 0 radical (unpaired) electrons. The first kappa shape index (κ1) is 16.4. The quantitative estimate of drug-likeness (QED) is 0.274. The molecule has 0 amide bonds. The van der Waals surface area contributed by atoms with Gasteiger partial charge in [-0.15, -0.1) is 0 Å². The Kier molecular flexibility index (Phi) is 8.62. The summed E-state index contributed by atoms with van der Waals surface area (Å²) >= 11 is 0. The molecule has 0 N–H and O–H groups in total. The van der Waals surface area contributed by atoms with Gasteiger partial charge in [-0.25, -0.2) is 9.59 Å². The Morgan fingerprint density at radius 2 is 1.89 bits per heavy atom. The molecule has 102 valence electrons. The highest BCUT2D eigenvalue weighted by Gasteiger charge is 2.17. The van der Waals surface area contributed by atoms with Crippen molar-refractivity contribution in [2.45, 2.75) is 52.2 Å². The van der Waals surface area contributed by atoms with Gasteiger partial charge in [0, 0.05) is 18.1 Å². The maximum absolute atomic E-state index is 11.4. The number of hydrogen-bond donors (Lipinski definition) is 0. The third kappa shape index (κ3) is 7.65. The van der Waals surface area contributed by atoms with Crippen LogP contribution in [0.2, 0.25) is 0 Å². The molecule has 0 heterocycles. The van der Waals surface area contributed by atoms with Crippen molar-refractivity contribution in [2.75, 3.05) is 0 Å². The van der Waals surface area contributed by atoms with Gasteiger partial charge in [0.15, 0.2) is 0 Å². The fraction of sp³-hybridized carbons (Fsp3) is 0.571. The zero-order valence-corrected chi connectivity index (χ0v) is 11.2. The molecule has 18 heavy (non-hydrogen) atoms. The molecular weight excluding hydrogens is 232 g/mol. The molecule has 0 saturated heterocycles. The lowest BCUT2D eigenvalue weighted by atomic mass is 10.1. The molecule has 0 aromatic carbocycles. The van der Waals surface area contributed by atoms with Crippen LogP contribution >= 0.6 is 0 Å². The van der Waals surface area contributed by atoms with E-state index in [9.17, 15) is 9.59 Å². The molecule has 0 aromatic rings. The van der Waals surface area contributed by atoms with E-state index in [-0.39, 0.29) is 5.57 Å². The van der Waals surface area contributed by atoms with Crippen molar-refractivity contribution >= 4 is 11.9 Å². The first-order valence-corrected chi connectivity index (χ1v) is 6.20. The first-order chi connectivity index (χ1) is 8.51. The van der Waals surface area contributed by atoms with Gasteiger partial charge in [-0.05, 0) is 13.3 Å². The van der Waals surface area contributed by atoms with E-state index in [4.69, 9.17) is 9.47 Å². The van der Waals surface area contributed by atoms with Crippen LogP contribution in [0.5, 0.6) is 0 Å². The van der Waals surface area contributed by atoms with Gasteiger partial charge in [0.1, 0.15) is 0 Å². The van der Waals surface area contributed by atoms with E-state index in [1.165, 1.54) is 0 Å². The van der Waals surface area contributed by atoms with Crippen molar-refractivity contribution < 1.29 is 19.1 Å². The van der Waals surface area contributed by atoms with Crippen molar-refractivity contribution in [1.29, 1.82) is 0 Å². The molecule has 4 nitrogen and oxygen atoms in total. The summed E-state index contributed by atoms with van der Waals surface area (Å²) < 4.78 is 9.99. The average Bonchev–Trinajstić information content (AvgIpc) is 2.33. The standard InChI is InChI=1S/C14H22O4/c1-5-7-8-9-10-13(17-12(15)6-2)18-14(16)11(3)4/h6,13H,2-3,5,7-10H2,1,4H3.